The Kier molecular flexibility index (Phi) is 6.28. The molecule has 1 fully saturated rings. The molecule has 0 radical (unpaired) electrons. The molecule has 2 atom stereocenters. The highest BCUT2D eigenvalue weighted by Crippen LogP contribution is 2.08. The third-order valence-corrected chi connectivity index (χ3v) is 3.73. The summed E-state index contributed by atoms with van der Waals surface area (Å²) in [5.74, 6) is 0. The van der Waals surface area contributed by atoms with E-state index in [0.29, 0.717) is 6.04 Å². The lowest BCUT2D eigenvalue weighted by Gasteiger charge is -2.38. The summed E-state index contributed by atoms with van der Waals surface area (Å²) < 4.78 is 0. The van der Waals surface area contributed by atoms with Crippen molar-refractivity contribution in [2.45, 2.75) is 32.4 Å². The van der Waals surface area contributed by atoms with Crippen LogP contribution in [0.4, 0.5) is 0 Å². The zero-order valence-corrected chi connectivity index (χ0v) is 10.9. The van der Waals surface area contributed by atoms with Crippen molar-refractivity contribution >= 4 is 0 Å². The molecule has 0 spiro atoms. The third-order valence-electron chi connectivity index (χ3n) is 3.73. The number of nitrogens with one attached hydrogen (secondary N) is 1. The molecule has 0 aliphatic carbocycles. The first-order valence-corrected chi connectivity index (χ1v) is 6.45. The molecule has 1 saturated heterocycles. The maximum absolute atomic E-state index is 9.14. The van der Waals surface area contributed by atoms with Gasteiger partial charge in [0.25, 0.3) is 0 Å². The molecule has 16 heavy (non-hydrogen) atoms. The van der Waals surface area contributed by atoms with E-state index in [1.807, 2.05) is 7.05 Å². The molecular formula is C12H27N3O. The summed E-state index contributed by atoms with van der Waals surface area (Å²) >= 11 is 0. The Morgan fingerprint density at radius 3 is 2.31 bits per heavy atom. The minimum absolute atomic E-state index is 0.218. The van der Waals surface area contributed by atoms with Gasteiger partial charge in [0, 0.05) is 44.8 Å². The van der Waals surface area contributed by atoms with Crippen molar-refractivity contribution < 1.29 is 5.11 Å². The van der Waals surface area contributed by atoms with Crippen LogP contribution in [0.1, 0.15) is 20.3 Å². The number of nitrogens with zero attached hydrogens (tertiary/aromatic N) is 2. The predicted octanol–water partition coefficient (Wildman–Crippen LogP) is -0.0172. The van der Waals surface area contributed by atoms with E-state index >= 15 is 0 Å². The lowest BCUT2D eigenvalue weighted by molar-refractivity contribution is 0.0872. The van der Waals surface area contributed by atoms with Gasteiger partial charge in [-0.1, -0.05) is 6.92 Å². The van der Waals surface area contributed by atoms with Crippen LogP contribution < -0.4 is 5.32 Å². The number of rotatable bonds is 6. The monoisotopic (exact) mass is 229 g/mol. The number of likely N-dealkylation sites (N-methyl/N-ethyl adjacent to an activating group) is 1. The Bertz CT molecular complexity index is 177. The lowest BCUT2D eigenvalue weighted by atomic mass is 10.2. The minimum Gasteiger partial charge on any atom is -0.395 e. The number of hydrogen-bond acceptors (Lipinski definition) is 4. The van der Waals surface area contributed by atoms with E-state index in [4.69, 9.17) is 5.11 Å². The molecule has 0 aromatic heterocycles. The molecule has 0 saturated carbocycles. The number of aliphatic hydroxyl groups excluding tert-OH is 1. The van der Waals surface area contributed by atoms with Crippen LogP contribution in [0.5, 0.6) is 0 Å². The zero-order chi connectivity index (χ0) is 12.0. The van der Waals surface area contributed by atoms with Crippen molar-refractivity contribution in [3.05, 3.63) is 0 Å². The maximum Gasteiger partial charge on any atom is 0.0597 e. The van der Waals surface area contributed by atoms with Crippen LogP contribution >= 0.6 is 0 Å². The lowest BCUT2D eigenvalue weighted by Crippen LogP contribution is -2.52. The second-order valence-corrected chi connectivity index (χ2v) is 4.76. The minimum atomic E-state index is 0.218. The molecule has 96 valence electrons. The molecule has 2 N–H and O–H groups in total. The molecule has 4 heteroatoms. The molecule has 2 unspecified atom stereocenters. The van der Waals surface area contributed by atoms with Crippen LogP contribution in [-0.4, -0.2) is 73.4 Å². The first kappa shape index (κ1) is 13.9. The van der Waals surface area contributed by atoms with Crippen LogP contribution in [0.2, 0.25) is 0 Å². The Morgan fingerprint density at radius 1 is 1.25 bits per heavy atom. The molecule has 1 rings (SSSR count). The van der Waals surface area contributed by atoms with Gasteiger partial charge in [-0.2, -0.15) is 0 Å². The van der Waals surface area contributed by atoms with Gasteiger partial charge >= 0.3 is 0 Å². The van der Waals surface area contributed by atoms with Crippen molar-refractivity contribution in [1.82, 2.24) is 15.1 Å². The first-order valence-electron chi connectivity index (χ1n) is 6.45. The fraction of sp³-hybridized carbons (Fsp3) is 1.00. The molecule has 0 amide bonds. The van der Waals surface area contributed by atoms with Crippen LogP contribution in [0.15, 0.2) is 0 Å². The maximum atomic E-state index is 9.14. The van der Waals surface area contributed by atoms with Crippen LogP contribution in [-0.2, 0) is 0 Å². The summed E-state index contributed by atoms with van der Waals surface area (Å²) in [5, 5.41) is 12.3. The smallest absolute Gasteiger partial charge is 0.0597 e. The predicted molar refractivity (Wildman–Crippen MR) is 67.7 cm³/mol. The van der Waals surface area contributed by atoms with Crippen molar-refractivity contribution in [3.8, 4) is 0 Å². The highest BCUT2D eigenvalue weighted by molar-refractivity contribution is 4.78. The Balaban J connectivity index is 2.26. The second-order valence-electron chi connectivity index (χ2n) is 4.76. The van der Waals surface area contributed by atoms with Gasteiger partial charge in [-0.05, 0) is 20.4 Å². The molecule has 4 nitrogen and oxygen atoms in total. The van der Waals surface area contributed by atoms with Crippen LogP contribution in [0, 0.1) is 0 Å². The van der Waals surface area contributed by atoms with Gasteiger partial charge in [-0.25, -0.2) is 0 Å². The van der Waals surface area contributed by atoms with Crippen molar-refractivity contribution in [2.24, 2.45) is 0 Å². The first-order chi connectivity index (χ1) is 7.71. The summed E-state index contributed by atoms with van der Waals surface area (Å²) in [6.45, 7) is 10.3. The summed E-state index contributed by atoms with van der Waals surface area (Å²) in [6, 6.07) is 0.926. The molecule has 0 bridgehead atoms. The van der Waals surface area contributed by atoms with Gasteiger partial charge < -0.3 is 10.4 Å². The Labute approximate surface area is 99.6 Å². The summed E-state index contributed by atoms with van der Waals surface area (Å²) in [6.07, 6.45) is 1.23. The average molecular weight is 229 g/mol. The molecule has 0 aromatic rings. The fourth-order valence-electron chi connectivity index (χ4n) is 2.20. The van der Waals surface area contributed by atoms with E-state index in [0.717, 1.165) is 32.7 Å². The average Bonchev–Trinajstić information content (AvgIpc) is 2.35. The second kappa shape index (κ2) is 7.22. The van der Waals surface area contributed by atoms with E-state index in [1.54, 1.807) is 0 Å². The number of aliphatic hydroxyl groups is 1. The normalized spacial score (nSPS) is 23.2. The largest absolute Gasteiger partial charge is 0.395 e. The van der Waals surface area contributed by atoms with Gasteiger partial charge in [0.2, 0.25) is 0 Å². The van der Waals surface area contributed by atoms with Crippen LogP contribution in [0.3, 0.4) is 0 Å². The Hall–Kier alpha value is -0.160. The Morgan fingerprint density at radius 2 is 1.88 bits per heavy atom. The van der Waals surface area contributed by atoms with Gasteiger partial charge in [-0.3, -0.25) is 9.80 Å². The highest BCUT2D eigenvalue weighted by Gasteiger charge is 2.21. The summed E-state index contributed by atoms with van der Waals surface area (Å²) in [4.78, 5) is 5.00. The van der Waals surface area contributed by atoms with E-state index in [2.05, 4.69) is 29.0 Å². The molecule has 0 aromatic carbocycles. The fourth-order valence-corrected chi connectivity index (χ4v) is 2.20. The van der Waals surface area contributed by atoms with E-state index in [1.165, 1.54) is 6.42 Å². The summed E-state index contributed by atoms with van der Waals surface area (Å²) in [5.41, 5.74) is 0. The van der Waals surface area contributed by atoms with E-state index in [9.17, 15) is 0 Å². The van der Waals surface area contributed by atoms with E-state index in [-0.39, 0.29) is 12.6 Å². The van der Waals surface area contributed by atoms with Crippen LogP contribution in [0.25, 0.3) is 0 Å². The number of piperazine rings is 1. The molecule has 1 aliphatic heterocycles. The van der Waals surface area contributed by atoms with E-state index < -0.39 is 0 Å². The van der Waals surface area contributed by atoms with Crippen molar-refractivity contribution in [2.75, 3.05) is 46.4 Å². The standard InChI is InChI=1S/C12H27N3O/c1-4-11(2)15-7-5-14(6-8-15)9-12(10-16)13-3/h11-13,16H,4-10H2,1-3H3. The van der Waals surface area contributed by atoms with Gasteiger partial charge in [0.15, 0.2) is 0 Å². The van der Waals surface area contributed by atoms with Gasteiger partial charge in [0.1, 0.15) is 0 Å². The quantitative estimate of drug-likeness (QED) is 0.671. The SMILES string of the molecule is CCC(C)N1CCN(CC(CO)NC)CC1. The molecular weight excluding hydrogens is 202 g/mol. The topological polar surface area (TPSA) is 38.7 Å². The van der Waals surface area contributed by atoms with Gasteiger partial charge in [0.05, 0.1) is 6.61 Å². The summed E-state index contributed by atoms with van der Waals surface area (Å²) in [7, 11) is 1.91. The highest BCUT2D eigenvalue weighted by atomic mass is 16.3. The van der Waals surface area contributed by atoms with Crippen molar-refractivity contribution in [3.63, 3.8) is 0 Å². The molecule has 1 aliphatic rings. The van der Waals surface area contributed by atoms with Crippen molar-refractivity contribution in [1.29, 1.82) is 0 Å². The molecule has 1 heterocycles. The zero-order valence-electron chi connectivity index (χ0n) is 10.9. The van der Waals surface area contributed by atoms with Gasteiger partial charge in [-0.15, -0.1) is 0 Å². The third kappa shape index (κ3) is 4.01. The number of hydrogen-bond donors (Lipinski definition) is 2.